The molecule has 0 spiro atoms. The van der Waals surface area contributed by atoms with Crippen LogP contribution in [0.2, 0.25) is 0 Å². The molecule has 116 valence electrons. The number of hydrogen-bond acceptors (Lipinski definition) is 4. The summed E-state index contributed by atoms with van der Waals surface area (Å²) in [7, 11) is 0. The number of carboxylic acids is 1. The monoisotopic (exact) mass is 300 g/mol. The van der Waals surface area contributed by atoms with Crippen LogP contribution in [0.1, 0.15) is 62.7 Å². The number of carboxylic acid groups (broad SMARTS) is 1. The number of aromatic nitrogens is 4. The highest BCUT2D eigenvalue weighted by atomic mass is 19.3. The Kier molecular flexibility index (Phi) is 3.62. The van der Waals surface area contributed by atoms with Crippen LogP contribution in [0, 0.1) is 5.92 Å². The molecule has 0 radical (unpaired) electrons. The van der Waals surface area contributed by atoms with Gasteiger partial charge in [-0.3, -0.25) is 4.79 Å². The Balaban J connectivity index is 1.78. The summed E-state index contributed by atoms with van der Waals surface area (Å²) in [6.07, 6.45) is 2.30. The second-order valence-electron chi connectivity index (χ2n) is 6.11. The molecule has 0 saturated heterocycles. The van der Waals surface area contributed by atoms with Gasteiger partial charge in [0.15, 0.2) is 5.82 Å². The minimum atomic E-state index is -2.59. The molecule has 2 fully saturated rings. The van der Waals surface area contributed by atoms with Crippen LogP contribution in [0.3, 0.4) is 0 Å². The van der Waals surface area contributed by atoms with E-state index in [0.717, 1.165) is 12.8 Å². The summed E-state index contributed by atoms with van der Waals surface area (Å²) < 4.78 is 28.1. The van der Waals surface area contributed by atoms with E-state index in [1.807, 2.05) is 0 Å². The van der Waals surface area contributed by atoms with Gasteiger partial charge >= 0.3 is 5.97 Å². The lowest BCUT2D eigenvalue weighted by atomic mass is 9.86. The van der Waals surface area contributed by atoms with Gasteiger partial charge in [0.05, 0.1) is 12.5 Å². The quantitative estimate of drug-likeness (QED) is 0.903. The van der Waals surface area contributed by atoms with E-state index in [0.29, 0.717) is 18.7 Å². The van der Waals surface area contributed by atoms with E-state index >= 15 is 0 Å². The van der Waals surface area contributed by atoms with Crippen LogP contribution in [-0.2, 0) is 4.79 Å². The Labute approximate surface area is 120 Å². The number of hydrogen-bond donors (Lipinski definition) is 1. The smallest absolute Gasteiger partial charge is 0.305 e. The topological polar surface area (TPSA) is 80.9 Å². The van der Waals surface area contributed by atoms with Gasteiger partial charge in [-0.05, 0) is 42.0 Å². The lowest BCUT2D eigenvalue weighted by molar-refractivity contribution is -0.138. The molecule has 1 unspecified atom stereocenters. The standard InChI is InChI=1S/C13H18F2N4O2/c14-13(15)5-3-9(4-6-13)12-16-17-18-19(12)10(7-11(20)21)8-1-2-8/h8-10H,1-7H2,(H,20,21). The molecule has 21 heavy (non-hydrogen) atoms. The van der Waals surface area contributed by atoms with E-state index < -0.39 is 11.9 Å². The molecule has 2 aliphatic carbocycles. The Morgan fingerprint density at radius 3 is 2.57 bits per heavy atom. The summed E-state index contributed by atoms with van der Waals surface area (Å²) in [6, 6.07) is -0.255. The molecule has 2 saturated carbocycles. The third-order valence-electron chi connectivity index (χ3n) is 4.46. The van der Waals surface area contributed by atoms with Gasteiger partial charge in [-0.2, -0.15) is 0 Å². The van der Waals surface area contributed by atoms with Crippen LogP contribution in [-0.4, -0.2) is 37.2 Å². The number of nitrogens with zero attached hydrogens (tertiary/aromatic N) is 4. The predicted molar refractivity (Wildman–Crippen MR) is 68.0 cm³/mol. The van der Waals surface area contributed by atoms with Crippen LogP contribution < -0.4 is 0 Å². The Morgan fingerprint density at radius 1 is 1.33 bits per heavy atom. The maximum Gasteiger partial charge on any atom is 0.305 e. The fourth-order valence-corrected chi connectivity index (χ4v) is 3.12. The average Bonchev–Trinajstić information content (AvgIpc) is 3.14. The maximum absolute atomic E-state index is 13.3. The fraction of sp³-hybridized carbons (Fsp3) is 0.846. The number of halogens is 2. The van der Waals surface area contributed by atoms with Crippen LogP contribution in [0.4, 0.5) is 8.78 Å². The molecule has 8 heteroatoms. The Bertz CT molecular complexity index is 520. The number of carbonyl (C=O) groups is 1. The molecular formula is C13H18F2N4O2. The van der Waals surface area contributed by atoms with E-state index in [4.69, 9.17) is 5.11 Å². The summed E-state index contributed by atoms with van der Waals surface area (Å²) in [5.74, 6) is -2.72. The van der Waals surface area contributed by atoms with E-state index in [-0.39, 0.29) is 37.1 Å². The molecule has 1 aromatic rings. The van der Waals surface area contributed by atoms with E-state index in [9.17, 15) is 13.6 Å². The van der Waals surface area contributed by atoms with Gasteiger partial charge in [-0.1, -0.05) is 0 Å². The molecule has 1 atom stereocenters. The van der Waals surface area contributed by atoms with E-state index in [1.54, 1.807) is 4.68 Å². The predicted octanol–water partition coefficient (Wildman–Crippen LogP) is 2.39. The number of rotatable bonds is 5. The highest BCUT2D eigenvalue weighted by Crippen LogP contribution is 2.44. The Hall–Kier alpha value is -1.60. The van der Waals surface area contributed by atoms with Crippen molar-refractivity contribution in [1.82, 2.24) is 20.2 Å². The summed E-state index contributed by atoms with van der Waals surface area (Å²) in [5.41, 5.74) is 0. The van der Waals surface area contributed by atoms with Crippen molar-refractivity contribution in [2.24, 2.45) is 5.92 Å². The number of aliphatic carboxylic acids is 1. The van der Waals surface area contributed by atoms with Gasteiger partial charge in [0.1, 0.15) is 0 Å². The third-order valence-corrected chi connectivity index (χ3v) is 4.46. The first-order valence-corrected chi connectivity index (χ1v) is 7.34. The van der Waals surface area contributed by atoms with Gasteiger partial charge in [0.2, 0.25) is 5.92 Å². The largest absolute Gasteiger partial charge is 0.481 e. The lowest BCUT2D eigenvalue weighted by Gasteiger charge is -2.28. The maximum atomic E-state index is 13.3. The average molecular weight is 300 g/mol. The normalized spacial score (nSPS) is 23.9. The Morgan fingerprint density at radius 2 is 2.00 bits per heavy atom. The summed E-state index contributed by atoms with van der Waals surface area (Å²) in [4.78, 5) is 11.0. The first-order valence-electron chi connectivity index (χ1n) is 7.34. The van der Waals surface area contributed by atoms with Crippen molar-refractivity contribution < 1.29 is 18.7 Å². The molecule has 3 rings (SSSR count). The summed E-state index contributed by atoms with van der Waals surface area (Å²) in [5, 5.41) is 20.6. The molecule has 1 N–H and O–H groups in total. The van der Waals surface area contributed by atoms with Crippen molar-refractivity contribution in [2.75, 3.05) is 0 Å². The SMILES string of the molecule is O=C(O)CC(C1CC1)n1nnnc1C1CCC(F)(F)CC1. The molecule has 1 aromatic heterocycles. The zero-order chi connectivity index (χ0) is 15.0. The van der Waals surface area contributed by atoms with Crippen LogP contribution >= 0.6 is 0 Å². The molecule has 0 amide bonds. The minimum absolute atomic E-state index is 0.0222. The van der Waals surface area contributed by atoms with Gasteiger partial charge in [0, 0.05) is 18.8 Å². The van der Waals surface area contributed by atoms with Gasteiger partial charge in [-0.15, -0.1) is 5.10 Å². The minimum Gasteiger partial charge on any atom is -0.481 e. The lowest BCUT2D eigenvalue weighted by Crippen LogP contribution is -2.27. The van der Waals surface area contributed by atoms with Crippen molar-refractivity contribution in [3.8, 4) is 0 Å². The first kappa shape index (κ1) is 14.3. The number of alkyl halides is 2. The summed E-state index contributed by atoms with van der Waals surface area (Å²) >= 11 is 0. The highest BCUT2D eigenvalue weighted by molar-refractivity contribution is 5.67. The molecule has 0 aromatic carbocycles. The van der Waals surface area contributed by atoms with Crippen molar-refractivity contribution in [3.63, 3.8) is 0 Å². The van der Waals surface area contributed by atoms with Crippen molar-refractivity contribution in [3.05, 3.63) is 5.82 Å². The van der Waals surface area contributed by atoms with Crippen LogP contribution in [0.15, 0.2) is 0 Å². The molecular weight excluding hydrogens is 282 g/mol. The zero-order valence-electron chi connectivity index (χ0n) is 11.6. The van der Waals surface area contributed by atoms with Gasteiger partial charge in [0.25, 0.3) is 0 Å². The highest BCUT2D eigenvalue weighted by Gasteiger charge is 2.40. The molecule has 6 nitrogen and oxygen atoms in total. The summed E-state index contributed by atoms with van der Waals surface area (Å²) in [6.45, 7) is 0. The number of tetrazole rings is 1. The van der Waals surface area contributed by atoms with E-state index in [1.165, 1.54) is 0 Å². The third kappa shape index (κ3) is 3.19. The van der Waals surface area contributed by atoms with Crippen molar-refractivity contribution in [1.29, 1.82) is 0 Å². The molecule has 0 bridgehead atoms. The van der Waals surface area contributed by atoms with E-state index in [2.05, 4.69) is 15.5 Å². The second kappa shape index (κ2) is 5.31. The molecule has 0 aliphatic heterocycles. The first-order chi connectivity index (χ1) is 9.96. The van der Waals surface area contributed by atoms with Crippen molar-refractivity contribution >= 4 is 5.97 Å². The molecule has 1 heterocycles. The zero-order valence-corrected chi connectivity index (χ0v) is 11.6. The van der Waals surface area contributed by atoms with Gasteiger partial charge < -0.3 is 5.11 Å². The fourth-order valence-electron chi connectivity index (χ4n) is 3.12. The van der Waals surface area contributed by atoms with Crippen LogP contribution in [0.5, 0.6) is 0 Å². The van der Waals surface area contributed by atoms with Crippen molar-refractivity contribution in [2.45, 2.75) is 62.8 Å². The second-order valence-corrected chi connectivity index (χ2v) is 6.11. The van der Waals surface area contributed by atoms with Gasteiger partial charge in [-0.25, -0.2) is 13.5 Å². The van der Waals surface area contributed by atoms with Crippen LogP contribution in [0.25, 0.3) is 0 Å². The molecule has 2 aliphatic rings.